The Morgan fingerprint density at radius 2 is 1.70 bits per heavy atom. The van der Waals surface area contributed by atoms with Crippen LogP contribution >= 0.6 is 11.3 Å². The van der Waals surface area contributed by atoms with Crippen LogP contribution in [0.3, 0.4) is 0 Å². The predicted molar refractivity (Wildman–Crippen MR) is 117 cm³/mol. The third-order valence-corrected chi connectivity index (χ3v) is 5.16. The van der Waals surface area contributed by atoms with Crippen molar-refractivity contribution in [2.24, 2.45) is 0 Å². The van der Waals surface area contributed by atoms with Crippen molar-refractivity contribution in [1.82, 2.24) is 0 Å². The molecule has 156 valence electrons. The molecule has 0 fully saturated rings. The third-order valence-electron chi connectivity index (χ3n) is 4.27. The molecule has 0 bridgehead atoms. The minimum atomic E-state index is -0.456. The first-order chi connectivity index (χ1) is 14.6. The molecule has 1 aromatic heterocycles. The molecule has 0 radical (unpaired) electrons. The summed E-state index contributed by atoms with van der Waals surface area (Å²) in [5, 5.41) is 5.15. The summed E-state index contributed by atoms with van der Waals surface area (Å²) in [5.41, 5.74) is 2.00. The maximum absolute atomic E-state index is 12.6. The van der Waals surface area contributed by atoms with Gasteiger partial charge in [-0.1, -0.05) is 30.3 Å². The number of ether oxygens (including phenoxy) is 3. The second-order valence-corrected chi connectivity index (χ2v) is 7.14. The molecule has 0 atom stereocenters. The number of nitrogens with one attached hydrogen (secondary N) is 1. The smallest absolute Gasteiger partial charge is 0.341 e. The lowest BCUT2D eigenvalue weighted by molar-refractivity contribution is -0.116. The number of hydrogen-bond donors (Lipinski definition) is 1. The van der Waals surface area contributed by atoms with Crippen molar-refractivity contribution in [2.75, 3.05) is 25.6 Å². The highest BCUT2D eigenvalue weighted by atomic mass is 32.1. The number of thiophene rings is 1. The van der Waals surface area contributed by atoms with Crippen molar-refractivity contribution in [3.63, 3.8) is 0 Å². The lowest BCUT2D eigenvalue weighted by atomic mass is 10.0. The molecule has 3 aromatic rings. The fraction of sp³-hybridized carbons (Fsp3) is 0.217. The van der Waals surface area contributed by atoms with E-state index >= 15 is 0 Å². The standard InChI is InChI=1S/C23H23NO5S/c1-3-28-23(26)21-19(16-7-5-4-6-8-16)15-30-22(21)24-20(25)13-14-29-18-11-9-17(27-2)10-12-18/h4-12,15H,3,13-14H2,1-2H3,(H,24,25). The Balaban J connectivity index is 1.66. The van der Waals surface area contributed by atoms with E-state index in [0.717, 1.165) is 16.9 Å². The number of carbonyl (C=O) groups is 2. The fourth-order valence-electron chi connectivity index (χ4n) is 2.81. The van der Waals surface area contributed by atoms with Gasteiger partial charge in [0, 0.05) is 10.9 Å². The van der Waals surface area contributed by atoms with E-state index in [2.05, 4.69) is 5.32 Å². The van der Waals surface area contributed by atoms with Crippen molar-refractivity contribution in [2.45, 2.75) is 13.3 Å². The average Bonchev–Trinajstić information content (AvgIpc) is 3.18. The highest BCUT2D eigenvalue weighted by Crippen LogP contribution is 2.36. The molecule has 30 heavy (non-hydrogen) atoms. The van der Waals surface area contributed by atoms with E-state index in [1.807, 2.05) is 35.7 Å². The van der Waals surface area contributed by atoms with Gasteiger partial charge in [0.05, 0.1) is 26.7 Å². The van der Waals surface area contributed by atoms with Gasteiger partial charge in [-0.05, 0) is 36.8 Å². The first-order valence-corrected chi connectivity index (χ1v) is 10.4. The van der Waals surface area contributed by atoms with Gasteiger partial charge < -0.3 is 19.5 Å². The van der Waals surface area contributed by atoms with Gasteiger partial charge in [0.2, 0.25) is 5.91 Å². The second kappa shape index (κ2) is 10.5. The van der Waals surface area contributed by atoms with E-state index in [-0.39, 0.29) is 25.5 Å². The molecule has 0 saturated heterocycles. The summed E-state index contributed by atoms with van der Waals surface area (Å²) >= 11 is 1.30. The summed E-state index contributed by atoms with van der Waals surface area (Å²) in [5.74, 6) is 0.690. The lowest BCUT2D eigenvalue weighted by Crippen LogP contribution is -2.17. The maximum Gasteiger partial charge on any atom is 0.341 e. The highest BCUT2D eigenvalue weighted by Gasteiger charge is 2.22. The van der Waals surface area contributed by atoms with Crippen LogP contribution in [0.2, 0.25) is 0 Å². The Morgan fingerprint density at radius 3 is 2.37 bits per heavy atom. The summed E-state index contributed by atoms with van der Waals surface area (Å²) in [4.78, 5) is 25.0. The van der Waals surface area contributed by atoms with Crippen molar-refractivity contribution in [1.29, 1.82) is 0 Å². The number of benzene rings is 2. The van der Waals surface area contributed by atoms with E-state index < -0.39 is 5.97 Å². The molecular weight excluding hydrogens is 402 g/mol. The van der Waals surface area contributed by atoms with Gasteiger partial charge in [-0.15, -0.1) is 11.3 Å². The zero-order valence-corrected chi connectivity index (χ0v) is 17.7. The Kier molecular flexibility index (Phi) is 7.45. The fourth-order valence-corrected chi connectivity index (χ4v) is 3.78. The summed E-state index contributed by atoms with van der Waals surface area (Å²) in [6.07, 6.45) is 0.146. The zero-order chi connectivity index (χ0) is 21.3. The molecule has 0 saturated carbocycles. The van der Waals surface area contributed by atoms with Gasteiger partial charge in [-0.3, -0.25) is 4.79 Å². The van der Waals surface area contributed by atoms with E-state index in [1.54, 1.807) is 38.3 Å². The van der Waals surface area contributed by atoms with Gasteiger partial charge in [-0.25, -0.2) is 4.79 Å². The van der Waals surface area contributed by atoms with Crippen LogP contribution in [0, 0.1) is 0 Å². The quantitative estimate of drug-likeness (QED) is 0.488. The Hall–Kier alpha value is -3.32. The number of anilines is 1. The molecule has 3 rings (SSSR count). The predicted octanol–water partition coefficient (Wildman–Crippen LogP) is 5.01. The van der Waals surface area contributed by atoms with Gasteiger partial charge in [-0.2, -0.15) is 0 Å². The molecule has 0 aliphatic carbocycles. The largest absolute Gasteiger partial charge is 0.497 e. The second-order valence-electron chi connectivity index (χ2n) is 6.26. The molecule has 1 heterocycles. The van der Waals surface area contributed by atoms with E-state index in [4.69, 9.17) is 14.2 Å². The number of methoxy groups -OCH3 is 1. The van der Waals surface area contributed by atoms with Crippen LogP contribution < -0.4 is 14.8 Å². The molecule has 0 spiro atoms. The van der Waals surface area contributed by atoms with Gasteiger partial charge in [0.15, 0.2) is 0 Å². The van der Waals surface area contributed by atoms with Crippen molar-refractivity contribution in [3.05, 3.63) is 65.5 Å². The third kappa shape index (κ3) is 5.39. The van der Waals surface area contributed by atoms with Crippen molar-refractivity contribution >= 4 is 28.2 Å². The van der Waals surface area contributed by atoms with Crippen molar-refractivity contribution in [3.8, 4) is 22.6 Å². The minimum absolute atomic E-state index is 0.146. The van der Waals surface area contributed by atoms with Crippen LogP contribution in [0.1, 0.15) is 23.7 Å². The molecule has 0 aliphatic heterocycles. The number of carbonyl (C=O) groups excluding carboxylic acids is 2. The first kappa shape index (κ1) is 21.4. The van der Waals surface area contributed by atoms with Gasteiger partial charge >= 0.3 is 5.97 Å². The SMILES string of the molecule is CCOC(=O)c1c(-c2ccccc2)csc1NC(=O)CCOc1ccc(OC)cc1. The number of rotatable bonds is 9. The highest BCUT2D eigenvalue weighted by molar-refractivity contribution is 7.15. The van der Waals surface area contributed by atoms with Crippen LogP contribution in [0.5, 0.6) is 11.5 Å². The summed E-state index contributed by atoms with van der Waals surface area (Å²) in [6.45, 7) is 2.22. The molecule has 0 aliphatic rings. The van der Waals surface area contributed by atoms with Crippen LogP contribution in [0.15, 0.2) is 60.0 Å². The molecule has 0 unspecified atom stereocenters. The summed E-state index contributed by atoms with van der Waals surface area (Å²) in [6, 6.07) is 16.7. The van der Waals surface area contributed by atoms with E-state index in [0.29, 0.717) is 16.3 Å². The Labute approximate surface area is 179 Å². The Morgan fingerprint density at radius 1 is 1.00 bits per heavy atom. The maximum atomic E-state index is 12.6. The van der Waals surface area contributed by atoms with Crippen LogP contribution in [-0.4, -0.2) is 32.2 Å². The van der Waals surface area contributed by atoms with Gasteiger partial charge in [0.1, 0.15) is 22.1 Å². The lowest BCUT2D eigenvalue weighted by Gasteiger charge is -2.10. The first-order valence-electron chi connectivity index (χ1n) is 9.53. The Bertz CT molecular complexity index is 983. The van der Waals surface area contributed by atoms with E-state index in [9.17, 15) is 9.59 Å². The molecule has 2 aromatic carbocycles. The normalized spacial score (nSPS) is 10.3. The summed E-state index contributed by atoms with van der Waals surface area (Å²) < 4.78 is 15.9. The van der Waals surface area contributed by atoms with E-state index in [1.165, 1.54) is 11.3 Å². The molecule has 6 nitrogen and oxygen atoms in total. The average molecular weight is 426 g/mol. The van der Waals surface area contributed by atoms with Crippen molar-refractivity contribution < 1.29 is 23.8 Å². The van der Waals surface area contributed by atoms with Gasteiger partial charge in [0.25, 0.3) is 0 Å². The monoisotopic (exact) mass is 425 g/mol. The molecule has 1 amide bonds. The summed E-state index contributed by atoms with van der Waals surface area (Å²) in [7, 11) is 1.60. The molecular formula is C23H23NO5S. The molecule has 7 heteroatoms. The number of hydrogen-bond acceptors (Lipinski definition) is 6. The van der Waals surface area contributed by atoms with Crippen LogP contribution in [0.25, 0.3) is 11.1 Å². The zero-order valence-electron chi connectivity index (χ0n) is 16.8. The van der Waals surface area contributed by atoms with Crippen LogP contribution in [0.4, 0.5) is 5.00 Å². The topological polar surface area (TPSA) is 73.9 Å². The van der Waals surface area contributed by atoms with Crippen LogP contribution in [-0.2, 0) is 9.53 Å². The number of amides is 1. The number of esters is 1. The molecule has 1 N–H and O–H groups in total. The minimum Gasteiger partial charge on any atom is -0.497 e.